The summed E-state index contributed by atoms with van der Waals surface area (Å²) in [7, 11) is 4.61. The van der Waals surface area contributed by atoms with Crippen LogP contribution in [-0.4, -0.2) is 43.7 Å². The fourth-order valence-electron chi connectivity index (χ4n) is 2.16. The molecular weight excluding hydrogens is 324 g/mol. The van der Waals surface area contributed by atoms with E-state index < -0.39 is 0 Å². The van der Waals surface area contributed by atoms with Gasteiger partial charge in [0.15, 0.2) is 11.5 Å². The molecule has 8 nitrogen and oxygen atoms in total. The number of rotatable bonds is 8. The molecule has 1 aromatic carbocycles. The quantitative estimate of drug-likeness (QED) is 0.758. The van der Waals surface area contributed by atoms with Gasteiger partial charge in [-0.15, -0.1) is 0 Å². The van der Waals surface area contributed by atoms with Crippen molar-refractivity contribution >= 4 is 17.5 Å². The van der Waals surface area contributed by atoms with Crippen molar-refractivity contribution in [3.8, 4) is 17.2 Å². The number of nitrogens with zero attached hydrogens (tertiary/aromatic N) is 2. The fourth-order valence-corrected chi connectivity index (χ4v) is 2.16. The van der Waals surface area contributed by atoms with Crippen LogP contribution in [0.15, 0.2) is 24.4 Å². The van der Waals surface area contributed by atoms with Crippen LogP contribution in [-0.2, 0) is 0 Å². The summed E-state index contributed by atoms with van der Waals surface area (Å²) in [4.78, 5) is 20.4. The lowest BCUT2D eigenvalue weighted by atomic mass is 10.2. The molecule has 0 aliphatic rings. The Morgan fingerprint density at radius 3 is 2.36 bits per heavy atom. The van der Waals surface area contributed by atoms with E-state index in [9.17, 15) is 4.79 Å². The van der Waals surface area contributed by atoms with Crippen LogP contribution < -0.4 is 24.8 Å². The van der Waals surface area contributed by atoms with E-state index >= 15 is 0 Å². The first kappa shape index (κ1) is 18.3. The molecule has 2 aromatic rings. The van der Waals surface area contributed by atoms with Crippen LogP contribution in [0.2, 0.25) is 0 Å². The molecular formula is C17H22N4O4. The van der Waals surface area contributed by atoms with Crippen LogP contribution in [0, 0.1) is 0 Å². The van der Waals surface area contributed by atoms with Crippen LogP contribution in [0.3, 0.4) is 0 Å². The third kappa shape index (κ3) is 4.50. The molecule has 2 N–H and O–H groups in total. The Kier molecular flexibility index (Phi) is 6.39. The molecule has 0 bridgehead atoms. The van der Waals surface area contributed by atoms with Crippen molar-refractivity contribution in [1.82, 2.24) is 15.3 Å². The normalized spacial score (nSPS) is 10.1. The van der Waals surface area contributed by atoms with Crippen molar-refractivity contribution in [3.05, 3.63) is 30.1 Å². The van der Waals surface area contributed by atoms with Gasteiger partial charge in [-0.05, 0) is 12.5 Å². The third-order valence-corrected chi connectivity index (χ3v) is 3.34. The number of hydrogen-bond acceptors (Lipinski definition) is 7. The number of ether oxygens (including phenoxy) is 3. The molecule has 0 unspecified atom stereocenters. The van der Waals surface area contributed by atoms with Crippen molar-refractivity contribution in [1.29, 1.82) is 0 Å². The Bertz CT molecular complexity index is 711. The summed E-state index contributed by atoms with van der Waals surface area (Å²) in [6, 6.07) is 5.02. The molecule has 134 valence electrons. The number of methoxy groups -OCH3 is 3. The maximum atomic E-state index is 12.0. The minimum atomic E-state index is -0.239. The van der Waals surface area contributed by atoms with Gasteiger partial charge in [0, 0.05) is 30.6 Å². The van der Waals surface area contributed by atoms with Gasteiger partial charge in [-0.3, -0.25) is 4.79 Å². The SMILES string of the molecule is CCCNC(=O)c1ccnc(Nc2cc(OC)c(OC)c(OC)c2)n1. The van der Waals surface area contributed by atoms with Crippen molar-refractivity contribution in [3.63, 3.8) is 0 Å². The number of hydrogen-bond donors (Lipinski definition) is 2. The van der Waals surface area contributed by atoms with Crippen molar-refractivity contribution < 1.29 is 19.0 Å². The van der Waals surface area contributed by atoms with Gasteiger partial charge in [0.25, 0.3) is 5.91 Å². The zero-order valence-electron chi connectivity index (χ0n) is 14.8. The molecule has 0 atom stereocenters. The molecule has 0 radical (unpaired) electrons. The lowest BCUT2D eigenvalue weighted by Crippen LogP contribution is -2.25. The zero-order valence-corrected chi connectivity index (χ0v) is 14.8. The molecule has 1 aromatic heterocycles. The number of aromatic nitrogens is 2. The Morgan fingerprint density at radius 1 is 1.12 bits per heavy atom. The summed E-state index contributed by atoms with van der Waals surface area (Å²) < 4.78 is 15.9. The van der Waals surface area contributed by atoms with E-state index in [2.05, 4.69) is 20.6 Å². The van der Waals surface area contributed by atoms with Crippen LogP contribution in [0.25, 0.3) is 0 Å². The van der Waals surface area contributed by atoms with Crippen molar-refractivity contribution in [2.45, 2.75) is 13.3 Å². The number of carbonyl (C=O) groups excluding carboxylic acids is 1. The van der Waals surface area contributed by atoms with E-state index in [1.165, 1.54) is 27.5 Å². The molecule has 25 heavy (non-hydrogen) atoms. The second kappa shape index (κ2) is 8.72. The second-order valence-corrected chi connectivity index (χ2v) is 5.06. The Labute approximate surface area is 146 Å². The Balaban J connectivity index is 2.26. The summed E-state index contributed by atoms with van der Waals surface area (Å²) in [5.74, 6) is 1.54. The highest BCUT2D eigenvalue weighted by Gasteiger charge is 2.14. The van der Waals surface area contributed by atoms with Crippen molar-refractivity contribution in [2.75, 3.05) is 33.2 Å². The summed E-state index contributed by atoms with van der Waals surface area (Å²) in [5.41, 5.74) is 0.930. The maximum absolute atomic E-state index is 12.0. The highest BCUT2D eigenvalue weighted by atomic mass is 16.5. The molecule has 0 aliphatic heterocycles. The number of anilines is 2. The molecule has 0 fully saturated rings. The van der Waals surface area contributed by atoms with E-state index in [4.69, 9.17) is 14.2 Å². The van der Waals surface area contributed by atoms with Gasteiger partial charge in [0.05, 0.1) is 21.3 Å². The first-order chi connectivity index (χ1) is 12.1. The lowest BCUT2D eigenvalue weighted by Gasteiger charge is -2.14. The summed E-state index contributed by atoms with van der Waals surface area (Å²) in [6.07, 6.45) is 2.38. The lowest BCUT2D eigenvalue weighted by molar-refractivity contribution is 0.0948. The molecule has 0 aliphatic carbocycles. The van der Waals surface area contributed by atoms with Gasteiger partial charge < -0.3 is 24.8 Å². The van der Waals surface area contributed by atoms with Crippen LogP contribution >= 0.6 is 0 Å². The number of carbonyl (C=O) groups is 1. The van der Waals surface area contributed by atoms with E-state index in [0.717, 1.165) is 6.42 Å². The molecule has 1 heterocycles. The molecule has 0 saturated heterocycles. The van der Waals surface area contributed by atoms with Gasteiger partial charge in [-0.1, -0.05) is 6.92 Å². The highest BCUT2D eigenvalue weighted by molar-refractivity contribution is 5.92. The van der Waals surface area contributed by atoms with Gasteiger partial charge in [-0.25, -0.2) is 9.97 Å². The van der Waals surface area contributed by atoms with E-state index in [1.54, 1.807) is 18.2 Å². The number of benzene rings is 1. The predicted octanol–water partition coefficient (Wildman–Crippen LogP) is 2.39. The zero-order chi connectivity index (χ0) is 18.2. The molecule has 0 spiro atoms. The minimum absolute atomic E-state index is 0.239. The molecule has 0 saturated carbocycles. The summed E-state index contributed by atoms with van der Waals surface area (Å²) in [6.45, 7) is 2.58. The minimum Gasteiger partial charge on any atom is -0.493 e. The van der Waals surface area contributed by atoms with E-state index in [1.807, 2.05) is 6.92 Å². The Hall–Kier alpha value is -3.03. The average molecular weight is 346 g/mol. The van der Waals surface area contributed by atoms with Crippen molar-refractivity contribution in [2.24, 2.45) is 0 Å². The van der Waals surface area contributed by atoms with E-state index in [-0.39, 0.29) is 5.91 Å². The topological polar surface area (TPSA) is 94.6 Å². The standard InChI is InChI=1S/C17H22N4O4/c1-5-7-18-16(22)12-6-8-19-17(21-12)20-11-9-13(23-2)15(25-4)14(10-11)24-3/h6,8-10H,5,7H2,1-4H3,(H,18,22)(H,19,20,21). The van der Waals surface area contributed by atoms with Crippen LogP contribution in [0.5, 0.6) is 17.2 Å². The fraction of sp³-hybridized carbons (Fsp3) is 0.353. The predicted molar refractivity (Wildman–Crippen MR) is 94.0 cm³/mol. The van der Waals surface area contributed by atoms with E-state index in [0.29, 0.717) is 41.1 Å². The summed E-state index contributed by atoms with van der Waals surface area (Å²) in [5, 5.41) is 5.82. The maximum Gasteiger partial charge on any atom is 0.270 e. The molecule has 2 rings (SSSR count). The number of amides is 1. The van der Waals surface area contributed by atoms with Gasteiger partial charge in [0.1, 0.15) is 5.69 Å². The highest BCUT2D eigenvalue weighted by Crippen LogP contribution is 2.40. The third-order valence-electron chi connectivity index (χ3n) is 3.34. The summed E-state index contributed by atoms with van der Waals surface area (Å²) >= 11 is 0. The van der Waals surface area contributed by atoms with Gasteiger partial charge >= 0.3 is 0 Å². The number of nitrogens with one attached hydrogen (secondary N) is 2. The molecule has 1 amide bonds. The monoisotopic (exact) mass is 346 g/mol. The first-order valence-corrected chi connectivity index (χ1v) is 7.81. The van der Waals surface area contributed by atoms with Crippen LogP contribution in [0.4, 0.5) is 11.6 Å². The van der Waals surface area contributed by atoms with Gasteiger partial charge in [0.2, 0.25) is 11.7 Å². The smallest absolute Gasteiger partial charge is 0.270 e. The first-order valence-electron chi connectivity index (χ1n) is 7.81. The Morgan fingerprint density at radius 2 is 1.80 bits per heavy atom. The van der Waals surface area contributed by atoms with Crippen LogP contribution in [0.1, 0.15) is 23.8 Å². The molecule has 8 heteroatoms. The second-order valence-electron chi connectivity index (χ2n) is 5.06. The van der Waals surface area contributed by atoms with Gasteiger partial charge in [-0.2, -0.15) is 0 Å². The largest absolute Gasteiger partial charge is 0.493 e. The average Bonchev–Trinajstić information content (AvgIpc) is 2.65.